The van der Waals surface area contributed by atoms with E-state index in [1.165, 1.54) is 18.2 Å². The van der Waals surface area contributed by atoms with Crippen LogP contribution in [0.3, 0.4) is 0 Å². The first kappa shape index (κ1) is 12.7. The van der Waals surface area contributed by atoms with Crippen LogP contribution in [0.2, 0.25) is 0 Å². The van der Waals surface area contributed by atoms with Crippen LogP contribution in [0.25, 0.3) is 0 Å². The summed E-state index contributed by atoms with van der Waals surface area (Å²) in [4.78, 5) is 10.8. The van der Waals surface area contributed by atoms with Gasteiger partial charge in [0, 0.05) is 13.1 Å². The van der Waals surface area contributed by atoms with Crippen molar-refractivity contribution in [1.29, 1.82) is 0 Å². The van der Waals surface area contributed by atoms with Gasteiger partial charge in [0.2, 0.25) is 0 Å². The number of aryl methyl sites for hydroxylation is 1. The molecule has 0 saturated carbocycles. The van der Waals surface area contributed by atoms with Gasteiger partial charge in [0.1, 0.15) is 4.83 Å². The lowest BCUT2D eigenvalue weighted by Gasteiger charge is -2.08. The Kier molecular flexibility index (Phi) is 5.28. The summed E-state index contributed by atoms with van der Waals surface area (Å²) in [6, 6.07) is 0. The molecule has 15 heavy (non-hydrogen) atoms. The Morgan fingerprint density at radius 1 is 1.67 bits per heavy atom. The second-order valence-electron chi connectivity index (χ2n) is 3.20. The van der Waals surface area contributed by atoms with E-state index in [0.29, 0.717) is 6.54 Å². The van der Waals surface area contributed by atoms with E-state index < -0.39 is 0 Å². The van der Waals surface area contributed by atoms with Crippen LogP contribution in [-0.4, -0.2) is 24.5 Å². The van der Waals surface area contributed by atoms with Gasteiger partial charge in [-0.1, -0.05) is 15.9 Å². The van der Waals surface area contributed by atoms with Gasteiger partial charge in [-0.05, 0) is 28.8 Å². The van der Waals surface area contributed by atoms with Gasteiger partial charge in [0.05, 0.1) is 7.11 Å². The predicted molar refractivity (Wildman–Crippen MR) is 65.5 cm³/mol. The Hall–Kier alpha value is -0.390. The molecule has 84 valence electrons. The van der Waals surface area contributed by atoms with Crippen LogP contribution < -0.4 is 5.32 Å². The first-order valence-corrected chi connectivity index (χ1v) is 6.45. The quantitative estimate of drug-likeness (QED) is 0.667. The van der Waals surface area contributed by atoms with Gasteiger partial charge in [-0.3, -0.25) is 4.79 Å². The van der Waals surface area contributed by atoms with Crippen molar-refractivity contribution >= 4 is 33.2 Å². The molecule has 0 bridgehead atoms. The molecule has 3 nitrogen and oxygen atoms in total. The van der Waals surface area contributed by atoms with E-state index in [1.54, 1.807) is 11.3 Å². The molecule has 0 aliphatic carbocycles. The summed E-state index contributed by atoms with van der Waals surface area (Å²) in [7, 11) is 1.39. The molecular weight excluding hydrogens is 278 g/mol. The lowest BCUT2D eigenvalue weighted by molar-refractivity contribution is -0.139. The van der Waals surface area contributed by atoms with E-state index in [-0.39, 0.29) is 10.8 Å². The lowest BCUT2D eigenvalue weighted by Crippen LogP contribution is -2.29. The zero-order chi connectivity index (χ0) is 11.3. The molecule has 1 aromatic heterocycles. The molecule has 1 N–H and O–H groups in total. The Labute approximate surface area is 102 Å². The topological polar surface area (TPSA) is 38.3 Å². The third kappa shape index (κ3) is 3.93. The molecule has 1 atom stereocenters. The first-order valence-electron chi connectivity index (χ1n) is 4.59. The van der Waals surface area contributed by atoms with Crippen molar-refractivity contribution in [2.75, 3.05) is 13.7 Å². The standard InChI is InChI=1S/C10H14BrNO2S/c1-7-5-15-6-8(7)3-12-4-9(11)10(13)14-2/h5-6,9,12H,3-4H2,1-2H3. The highest BCUT2D eigenvalue weighted by Gasteiger charge is 2.14. The highest BCUT2D eigenvalue weighted by atomic mass is 79.9. The van der Waals surface area contributed by atoms with Gasteiger partial charge in [0.25, 0.3) is 0 Å². The fourth-order valence-corrected chi connectivity index (χ4v) is 2.39. The molecule has 0 aliphatic heterocycles. The van der Waals surface area contributed by atoms with E-state index in [2.05, 4.69) is 43.7 Å². The van der Waals surface area contributed by atoms with E-state index in [9.17, 15) is 4.79 Å². The molecule has 0 saturated heterocycles. The number of nitrogens with one attached hydrogen (secondary N) is 1. The zero-order valence-corrected chi connectivity index (χ0v) is 11.2. The van der Waals surface area contributed by atoms with Gasteiger partial charge >= 0.3 is 5.97 Å². The molecule has 1 heterocycles. The molecule has 0 fully saturated rings. The van der Waals surface area contributed by atoms with Crippen LogP contribution in [0, 0.1) is 6.92 Å². The second-order valence-corrected chi connectivity index (χ2v) is 5.05. The summed E-state index contributed by atoms with van der Waals surface area (Å²) < 4.78 is 4.60. The largest absolute Gasteiger partial charge is 0.468 e. The number of carbonyl (C=O) groups is 1. The third-order valence-corrected chi connectivity index (χ3v) is 3.67. The van der Waals surface area contributed by atoms with Crippen molar-refractivity contribution in [2.24, 2.45) is 0 Å². The van der Waals surface area contributed by atoms with Gasteiger partial charge in [-0.25, -0.2) is 0 Å². The summed E-state index contributed by atoms with van der Waals surface area (Å²) >= 11 is 4.94. The molecule has 0 aliphatic rings. The van der Waals surface area contributed by atoms with Crippen molar-refractivity contribution in [3.63, 3.8) is 0 Å². The van der Waals surface area contributed by atoms with Gasteiger partial charge < -0.3 is 10.1 Å². The normalized spacial score (nSPS) is 12.5. The summed E-state index contributed by atoms with van der Waals surface area (Å²) in [6.45, 7) is 3.44. The minimum absolute atomic E-state index is 0.246. The van der Waals surface area contributed by atoms with Crippen LogP contribution in [0.1, 0.15) is 11.1 Å². The number of rotatable bonds is 5. The molecule has 0 amide bonds. The molecule has 0 aromatic carbocycles. The molecule has 0 radical (unpaired) electrons. The summed E-state index contributed by atoms with van der Waals surface area (Å²) in [6.07, 6.45) is 0. The van der Waals surface area contributed by atoms with E-state index in [4.69, 9.17) is 0 Å². The second kappa shape index (κ2) is 6.25. The summed E-state index contributed by atoms with van der Waals surface area (Å²) in [5.41, 5.74) is 2.57. The number of ether oxygens (including phenoxy) is 1. The molecule has 1 aromatic rings. The van der Waals surface area contributed by atoms with E-state index >= 15 is 0 Å². The third-order valence-electron chi connectivity index (χ3n) is 2.06. The maximum absolute atomic E-state index is 11.1. The molecule has 5 heteroatoms. The maximum Gasteiger partial charge on any atom is 0.320 e. The van der Waals surface area contributed by atoms with Crippen LogP contribution in [0.5, 0.6) is 0 Å². The van der Waals surface area contributed by atoms with Crippen molar-refractivity contribution in [1.82, 2.24) is 5.32 Å². The average molecular weight is 292 g/mol. The van der Waals surface area contributed by atoms with Crippen molar-refractivity contribution in [3.8, 4) is 0 Å². The fraction of sp³-hybridized carbons (Fsp3) is 0.500. The smallest absolute Gasteiger partial charge is 0.320 e. The maximum atomic E-state index is 11.1. The summed E-state index contributed by atoms with van der Waals surface area (Å²) in [5, 5.41) is 7.43. The lowest BCUT2D eigenvalue weighted by atomic mass is 10.2. The molecule has 1 rings (SSSR count). The minimum atomic E-state index is -0.276. The van der Waals surface area contributed by atoms with Crippen LogP contribution in [-0.2, 0) is 16.1 Å². The fourth-order valence-electron chi connectivity index (χ4n) is 1.11. The van der Waals surface area contributed by atoms with Gasteiger partial charge in [0.15, 0.2) is 0 Å². The van der Waals surface area contributed by atoms with Crippen molar-refractivity contribution in [3.05, 3.63) is 21.9 Å². The van der Waals surface area contributed by atoms with Crippen LogP contribution in [0.15, 0.2) is 10.8 Å². The number of alkyl halides is 1. The average Bonchev–Trinajstić information content (AvgIpc) is 2.63. The number of halogens is 1. The Morgan fingerprint density at radius 3 is 2.93 bits per heavy atom. The van der Waals surface area contributed by atoms with Crippen molar-refractivity contribution < 1.29 is 9.53 Å². The molecule has 0 spiro atoms. The zero-order valence-electron chi connectivity index (χ0n) is 8.75. The molecule has 1 unspecified atom stereocenters. The molecular formula is C10H14BrNO2S. The van der Waals surface area contributed by atoms with Crippen LogP contribution >= 0.6 is 27.3 Å². The highest BCUT2D eigenvalue weighted by molar-refractivity contribution is 9.10. The van der Waals surface area contributed by atoms with Crippen LogP contribution in [0.4, 0.5) is 0 Å². The Balaban J connectivity index is 2.28. The highest BCUT2D eigenvalue weighted by Crippen LogP contribution is 2.13. The number of hydrogen-bond acceptors (Lipinski definition) is 4. The first-order chi connectivity index (χ1) is 7.15. The SMILES string of the molecule is COC(=O)C(Br)CNCc1cscc1C. The number of carbonyl (C=O) groups excluding carboxylic acids is 1. The minimum Gasteiger partial charge on any atom is -0.468 e. The van der Waals surface area contributed by atoms with Crippen molar-refractivity contribution in [2.45, 2.75) is 18.3 Å². The number of hydrogen-bond donors (Lipinski definition) is 1. The number of methoxy groups -OCH3 is 1. The number of thiophene rings is 1. The van der Waals surface area contributed by atoms with Gasteiger partial charge in [-0.15, -0.1) is 0 Å². The predicted octanol–water partition coefficient (Wildman–Crippen LogP) is 2.08. The summed E-state index contributed by atoms with van der Waals surface area (Å²) in [5.74, 6) is -0.246. The van der Waals surface area contributed by atoms with Gasteiger partial charge in [-0.2, -0.15) is 11.3 Å². The van der Waals surface area contributed by atoms with E-state index in [0.717, 1.165) is 6.54 Å². The number of esters is 1. The van der Waals surface area contributed by atoms with E-state index in [1.807, 2.05) is 0 Å². The Bertz CT molecular complexity index is 327. The Morgan fingerprint density at radius 2 is 2.40 bits per heavy atom. The monoisotopic (exact) mass is 291 g/mol.